The second-order valence-electron chi connectivity index (χ2n) is 7.40. The molecule has 34 heavy (non-hydrogen) atoms. The van der Waals surface area contributed by atoms with E-state index in [0.29, 0.717) is 35.0 Å². The number of nitrogens with zero attached hydrogens (tertiary/aromatic N) is 1. The highest BCUT2D eigenvalue weighted by Crippen LogP contribution is 2.41. The minimum Gasteiger partial charge on any atom is -0.507 e. The largest absolute Gasteiger partial charge is 0.507 e. The van der Waals surface area contributed by atoms with E-state index in [1.807, 2.05) is 6.92 Å². The van der Waals surface area contributed by atoms with E-state index in [1.165, 1.54) is 19.1 Å². The van der Waals surface area contributed by atoms with Crippen molar-refractivity contribution in [2.24, 2.45) is 0 Å². The van der Waals surface area contributed by atoms with Crippen LogP contribution in [-0.4, -0.2) is 74.0 Å². The molecule has 1 fully saturated rings. The Labute approximate surface area is 198 Å². The van der Waals surface area contributed by atoms with Crippen LogP contribution in [0.25, 0.3) is 5.76 Å². The van der Waals surface area contributed by atoms with Crippen molar-refractivity contribution >= 4 is 17.4 Å². The summed E-state index contributed by atoms with van der Waals surface area (Å²) >= 11 is 0. The summed E-state index contributed by atoms with van der Waals surface area (Å²) in [6, 6.07) is 10.8. The summed E-state index contributed by atoms with van der Waals surface area (Å²) in [7, 11) is 3.00. The molecule has 1 aliphatic heterocycles. The molecule has 182 valence electrons. The van der Waals surface area contributed by atoms with Gasteiger partial charge in [-0.25, -0.2) is 0 Å². The van der Waals surface area contributed by atoms with Crippen molar-refractivity contribution in [3.8, 4) is 17.2 Å². The molecule has 0 aliphatic carbocycles. The van der Waals surface area contributed by atoms with Gasteiger partial charge in [0.15, 0.2) is 11.5 Å². The Balaban J connectivity index is 2.09. The smallest absolute Gasteiger partial charge is 0.295 e. The Morgan fingerprint density at radius 2 is 1.71 bits per heavy atom. The van der Waals surface area contributed by atoms with E-state index in [-0.39, 0.29) is 37.7 Å². The Morgan fingerprint density at radius 1 is 1.00 bits per heavy atom. The van der Waals surface area contributed by atoms with Gasteiger partial charge >= 0.3 is 0 Å². The van der Waals surface area contributed by atoms with Crippen LogP contribution in [0.2, 0.25) is 0 Å². The summed E-state index contributed by atoms with van der Waals surface area (Å²) in [6.07, 6.45) is 0. The van der Waals surface area contributed by atoms with Crippen LogP contribution in [0.5, 0.6) is 17.2 Å². The predicted octanol–water partition coefficient (Wildman–Crippen LogP) is 2.53. The molecule has 3 rings (SSSR count). The van der Waals surface area contributed by atoms with Gasteiger partial charge in [-0.15, -0.1) is 0 Å². The lowest BCUT2D eigenvalue weighted by atomic mass is 9.95. The molecule has 1 unspecified atom stereocenters. The molecule has 2 N–H and O–H groups in total. The Bertz CT molecular complexity index is 1050. The number of hydrogen-bond donors (Lipinski definition) is 2. The summed E-state index contributed by atoms with van der Waals surface area (Å²) in [5, 5.41) is 20.1. The van der Waals surface area contributed by atoms with Crippen LogP contribution in [0.1, 0.15) is 24.1 Å². The standard InChI is InChI=1S/C25H29NO8/c1-4-34-18-8-5-16(6-9-18)23(28)21-22(17-7-10-19(31-2)20(15-17)32-3)26(25(30)24(21)29)11-13-33-14-12-27/h5-10,15,22,27-28H,4,11-14H2,1-3H3/b23-21+. The fourth-order valence-electron chi connectivity index (χ4n) is 3.84. The van der Waals surface area contributed by atoms with Crippen molar-refractivity contribution in [2.75, 3.05) is 47.2 Å². The number of amides is 1. The lowest BCUT2D eigenvalue weighted by Crippen LogP contribution is -2.33. The molecule has 0 radical (unpaired) electrons. The summed E-state index contributed by atoms with van der Waals surface area (Å²) in [5.41, 5.74) is 0.901. The maximum Gasteiger partial charge on any atom is 0.295 e. The molecule has 9 nitrogen and oxygen atoms in total. The molecule has 1 heterocycles. The van der Waals surface area contributed by atoms with Gasteiger partial charge in [0, 0.05) is 12.1 Å². The number of methoxy groups -OCH3 is 2. The van der Waals surface area contributed by atoms with Crippen LogP contribution in [0, 0.1) is 0 Å². The number of hydrogen-bond acceptors (Lipinski definition) is 8. The summed E-state index contributed by atoms with van der Waals surface area (Å²) in [5.74, 6) is -0.311. The van der Waals surface area contributed by atoms with Crippen molar-refractivity contribution < 1.29 is 38.7 Å². The Hall–Kier alpha value is -3.56. The van der Waals surface area contributed by atoms with Gasteiger partial charge in [-0.05, 0) is 48.9 Å². The third kappa shape index (κ3) is 5.16. The average Bonchev–Trinajstić information content (AvgIpc) is 3.11. The average molecular weight is 472 g/mol. The van der Waals surface area contributed by atoms with Gasteiger partial charge < -0.3 is 34.1 Å². The van der Waals surface area contributed by atoms with Crippen LogP contribution < -0.4 is 14.2 Å². The zero-order valence-electron chi connectivity index (χ0n) is 19.4. The van der Waals surface area contributed by atoms with Gasteiger partial charge in [0.1, 0.15) is 11.5 Å². The fraction of sp³-hybridized carbons (Fsp3) is 0.360. The first-order valence-electron chi connectivity index (χ1n) is 10.9. The number of carbonyl (C=O) groups excluding carboxylic acids is 2. The van der Waals surface area contributed by atoms with E-state index in [1.54, 1.807) is 42.5 Å². The quantitative estimate of drug-likeness (QED) is 0.222. The first kappa shape index (κ1) is 25.1. The van der Waals surface area contributed by atoms with Crippen LogP contribution in [-0.2, 0) is 14.3 Å². The second-order valence-corrected chi connectivity index (χ2v) is 7.40. The molecule has 0 saturated carbocycles. The Morgan fingerprint density at radius 3 is 2.32 bits per heavy atom. The minimum absolute atomic E-state index is 0.0384. The molecule has 1 atom stereocenters. The van der Waals surface area contributed by atoms with Gasteiger partial charge in [-0.1, -0.05) is 6.07 Å². The maximum absolute atomic E-state index is 13.1. The van der Waals surface area contributed by atoms with Gasteiger partial charge in [0.05, 0.1) is 52.3 Å². The summed E-state index contributed by atoms with van der Waals surface area (Å²) in [6.45, 7) is 2.51. The van der Waals surface area contributed by atoms with Gasteiger partial charge in [0.25, 0.3) is 11.7 Å². The molecule has 2 aromatic carbocycles. The van der Waals surface area contributed by atoms with Gasteiger partial charge in [0.2, 0.25) is 0 Å². The van der Waals surface area contributed by atoms with Crippen LogP contribution in [0.4, 0.5) is 0 Å². The number of aliphatic hydroxyl groups excluding tert-OH is 2. The van der Waals surface area contributed by atoms with E-state index in [0.717, 1.165) is 0 Å². The zero-order valence-corrected chi connectivity index (χ0v) is 19.4. The first-order valence-corrected chi connectivity index (χ1v) is 10.9. The molecule has 1 aliphatic rings. The molecule has 2 aromatic rings. The number of rotatable bonds is 11. The van der Waals surface area contributed by atoms with E-state index < -0.39 is 17.7 Å². The number of ketones is 1. The Kier molecular flexibility index (Phi) is 8.50. The molecule has 0 spiro atoms. The molecule has 0 bridgehead atoms. The SMILES string of the molecule is CCOc1ccc(/C(O)=C2\C(=O)C(=O)N(CCOCCO)C2c2ccc(OC)c(OC)c2)cc1. The number of aliphatic hydroxyl groups is 2. The van der Waals surface area contributed by atoms with E-state index >= 15 is 0 Å². The minimum atomic E-state index is -0.871. The monoisotopic (exact) mass is 471 g/mol. The van der Waals surface area contributed by atoms with Crippen LogP contribution >= 0.6 is 0 Å². The van der Waals surface area contributed by atoms with Crippen molar-refractivity contribution in [2.45, 2.75) is 13.0 Å². The second kappa shape index (κ2) is 11.5. The maximum atomic E-state index is 13.1. The number of Topliss-reactive ketones (excluding diaryl/α,β-unsaturated/α-hetero) is 1. The molecule has 1 amide bonds. The normalized spacial score (nSPS) is 17.2. The van der Waals surface area contributed by atoms with Crippen LogP contribution in [0.15, 0.2) is 48.0 Å². The molecular weight excluding hydrogens is 442 g/mol. The zero-order chi connectivity index (χ0) is 24.7. The molecule has 9 heteroatoms. The fourth-order valence-corrected chi connectivity index (χ4v) is 3.84. The van der Waals surface area contributed by atoms with Crippen molar-refractivity contribution in [3.63, 3.8) is 0 Å². The highest BCUT2D eigenvalue weighted by atomic mass is 16.5. The summed E-state index contributed by atoms with van der Waals surface area (Å²) in [4.78, 5) is 27.4. The number of carbonyl (C=O) groups is 2. The first-order chi connectivity index (χ1) is 16.5. The lowest BCUT2D eigenvalue weighted by molar-refractivity contribution is -0.140. The third-order valence-corrected chi connectivity index (χ3v) is 5.41. The van der Waals surface area contributed by atoms with Gasteiger partial charge in [-0.3, -0.25) is 9.59 Å². The van der Waals surface area contributed by atoms with Crippen molar-refractivity contribution in [3.05, 3.63) is 59.2 Å². The third-order valence-electron chi connectivity index (χ3n) is 5.41. The van der Waals surface area contributed by atoms with Crippen molar-refractivity contribution in [1.82, 2.24) is 4.90 Å². The molecule has 1 saturated heterocycles. The van der Waals surface area contributed by atoms with Gasteiger partial charge in [-0.2, -0.15) is 0 Å². The predicted molar refractivity (Wildman–Crippen MR) is 124 cm³/mol. The molecular formula is C25H29NO8. The van der Waals surface area contributed by atoms with E-state index in [2.05, 4.69) is 0 Å². The van der Waals surface area contributed by atoms with E-state index in [9.17, 15) is 14.7 Å². The highest BCUT2D eigenvalue weighted by Gasteiger charge is 2.46. The number of benzene rings is 2. The van der Waals surface area contributed by atoms with Crippen LogP contribution in [0.3, 0.4) is 0 Å². The van der Waals surface area contributed by atoms with Crippen molar-refractivity contribution in [1.29, 1.82) is 0 Å². The number of likely N-dealkylation sites (tertiary alicyclic amines) is 1. The topological polar surface area (TPSA) is 115 Å². The highest BCUT2D eigenvalue weighted by molar-refractivity contribution is 6.46. The van der Waals surface area contributed by atoms with E-state index in [4.69, 9.17) is 24.1 Å². The molecule has 0 aromatic heterocycles. The summed E-state index contributed by atoms with van der Waals surface area (Å²) < 4.78 is 21.5. The lowest BCUT2D eigenvalue weighted by Gasteiger charge is -2.26. The number of ether oxygens (including phenoxy) is 4.